The van der Waals surface area contributed by atoms with Crippen molar-refractivity contribution < 1.29 is 9.47 Å². The van der Waals surface area contributed by atoms with Crippen LogP contribution in [0, 0.1) is 23.2 Å². The van der Waals surface area contributed by atoms with Crippen LogP contribution in [0.5, 0.6) is 5.75 Å². The smallest absolute Gasteiger partial charge is 0.119 e. The average molecular weight is 353 g/mol. The fraction of sp³-hybridized carbons (Fsp3) is 0.583. The zero-order chi connectivity index (χ0) is 18.3. The van der Waals surface area contributed by atoms with Gasteiger partial charge in [-0.05, 0) is 96.6 Å². The Morgan fingerprint density at radius 1 is 1.08 bits per heavy atom. The van der Waals surface area contributed by atoms with Gasteiger partial charge in [0.1, 0.15) is 11.5 Å². The third-order valence-electron chi connectivity index (χ3n) is 7.09. The molecule has 4 atom stereocenters. The van der Waals surface area contributed by atoms with Crippen molar-refractivity contribution >= 4 is 0 Å². The summed E-state index contributed by atoms with van der Waals surface area (Å²) in [6.45, 7) is 4.89. The van der Waals surface area contributed by atoms with Gasteiger partial charge in [0.25, 0.3) is 0 Å². The molecule has 0 aliphatic heterocycles. The number of hydrogen-bond donors (Lipinski definition) is 0. The number of rotatable bonds is 3. The van der Waals surface area contributed by atoms with Crippen molar-refractivity contribution in [1.82, 2.24) is 0 Å². The van der Waals surface area contributed by atoms with Crippen molar-refractivity contribution in [3.05, 3.63) is 53.3 Å². The molecule has 1 aromatic carbocycles. The van der Waals surface area contributed by atoms with Gasteiger partial charge in [-0.3, -0.25) is 0 Å². The lowest BCUT2D eigenvalue weighted by molar-refractivity contribution is 0.0896. The third-order valence-corrected chi connectivity index (χ3v) is 7.09. The first-order valence-electron chi connectivity index (χ1n) is 10.1. The maximum Gasteiger partial charge on any atom is 0.119 e. The highest BCUT2D eigenvalue weighted by Crippen LogP contribution is 2.55. The summed E-state index contributed by atoms with van der Waals surface area (Å²) in [4.78, 5) is 0. The van der Waals surface area contributed by atoms with Crippen LogP contribution >= 0.6 is 0 Å². The van der Waals surface area contributed by atoms with E-state index in [1.54, 1.807) is 25.3 Å². The van der Waals surface area contributed by atoms with Crippen molar-refractivity contribution in [3.8, 4) is 5.75 Å². The number of allylic oxidation sites excluding steroid dienone is 3. The number of methoxy groups -OCH3 is 2. The number of benzene rings is 1. The molecule has 26 heavy (non-hydrogen) atoms. The minimum Gasteiger partial charge on any atom is -0.497 e. The quantitative estimate of drug-likeness (QED) is 0.676. The van der Waals surface area contributed by atoms with Crippen LogP contribution in [0.2, 0.25) is 0 Å². The van der Waals surface area contributed by atoms with Gasteiger partial charge in [0.05, 0.1) is 14.2 Å². The van der Waals surface area contributed by atoms with Crippen LogP contribution < -0.4 is 4.74 Å². The van der Waals surface area contributed by atoms with Crippen molar-refractivity contribution in [2.45, 2.75) is 51.9 Å². The van der Waals surface area contributed by atoms with Gasteiger partial charge in [-0.2, -0.15) is 0 Å². The average Bonchev–Trinajstić information content (AvgIpc) is 2.66. The molecule has 2 heteroatoms. The zero-order valence-corrected chi connectivity index (χ0v) is 16.6. The van der Waals surface area contributed by atoms with Crippen LogP contribution in [-0.2, 0) is 11.2 Å². The number of hydrogen-bond acceptors (Lipinski definition) is 2. The molecule has 0 heterocycles. The topological polar surface area (TPSA) is 18.5 Å². The van der Waals surface area contributed by atoms with Gasteiger partial charge in [0.2, 0.25) is 0 Å². The Balaban J connectivity index is 1.68. The van der Waals surface area contributed by atoms with Gasteiger partial charge in [-0.25, -0.2) is 0 Å². The van der Waals surface area contributed by atoms with E-state index >= 15 is 0 Å². The fourth-order valence-corrected chi connectivity index (χ4v) is 5.65. The maximum absolute atomic E-state index is 5.55. The van der Waals surface area contributed by atoms with Gasteiger partial charge >= 0.3 is 0 Å². The molecule has 0 N–H and O–H groups in total. The molecule has 1 unspecified atom stereocenters. The van der Waals surface area contributed by atoms with Crippen LogP contribution in [0.15, 0.2) is 42.2 Å². The molecule has 1 saturated carbocycles. The zero-order valence-electron chi connectivity index (χ0n) is 16.6. The van der Waals surface area contributed by atoms with Crippen molar-refractivity contribution in [1.29, 1.82) is 0 Å². The summed E-state index contributed by atoms with van der Waals surface area (Å²) in [5, 5.41) is 0. The first kappa shape index (κ1) is 17.7. The first-order chi connectivity index (χ1) is 12.5. The Morgan fingerprint density at radius 3 is 2.62 bits per heavy atom. The molecule has 4 rings (SSSR count). The third kappa shape index (κ3) is 3.19. The normalized spacial score (nSPS) is 32.2. The van der Waals surface area contributed by atoms with E-state index in [0.717, 1.165) is 29.8 Å². The molecular weight excluding hydrogens is 320 g/mol. The van der Waals surface area contributed by atoms with Crippen LogP contribution in [0.4, 0.5) is 0 Å². The molecule has 0 bridgehead atoms. The molecular formula is C24H32O2. The van der Waals surface area contributed by atoms with Gasteiger partial charge in [-0.15, -0.1) is 0 Å². The van der Waals surface area contributed by atoms with Crippen LogP contribution in [-0.4, -0.2) is 14.2 Å². The predicted octanol–water partition coefficient (Wildman–Crippen LogP) is 5.88. The summed E-state index contributed by atoms with van der Waals surface area (Å²) in [5.41, 5.74) is 3.55. The maximum atomic E-state index is 5.55. The molecule has 0 radical (unpaired) electrons. The molecule has 1 fully saturated rings. The number of ether oxygens (including phenoxy) is 2. The second-order valence-corrected chi connectivity index (χ2v) is 9.18. The number of fused-ring (bicyclic) bond motifs is 3. The van der Waals surface area contributed by atoms with E-state index in [1.165, 1.54) is 25.7 Å². The highest BCUT2D eigenvalue weighted by molar-refractivity contribution is 5.41. The summed E-state index contributed by atoms with van der Waals surface area (Å²) >= 11 is 0. The molecule has 0 aromatic heterocycles. The summed E-state index contributed by atoms with van der Waals surface area (Å²) in [5.74, 6) is 4.86. The van der Waals surface area contributed by atoms with Gasteiger partial charge in [0, 0.05) is 0 Å². The lowest BCUT2D eigenvalue weighted by Crippen LogP contribution is -2.40. The van der Waals surface area contributed by atoms with E-state index in [1.807, 2.05) is 0 Å². The molecule has 3 aliphatic rings. The minimum absolute atomic E-state index is 0.439. The van der Waals surface area contributed by atoms with Crippen LogP contribution in [0.1, 0.15) is 56.6 Å². The van der Waals surface area contributed by atoms with E-state index < -0.39 is 0 Å². The molecule has 3 aliphatic carbocycles. The first-order valence-corrected chi connectivity index (χ1v) is 10.1. The molecule has 0 amide bonds. The van der Waals surface area contributed by atoms with Crippen molar-refractivity contribution in [2.75, 3.05) is 14.2 Å². The van der Waals surface area contributed by atoms with Crippen LogP contribution in [0.3, 0.4) is 0 Å². The van der Waals surface area contributed by atoms with E-state index in [9.17, 15) is 0 Å². The summed E-state index contributed by atoms with van der Waals surface area (Å²) in [7, 11) is 3.54. The Kier molecular flexibility index (Phi) is 4.62. The largest absolute Gasteiger partial charge is 0.497 e. The molecule has 2 nitrogen and oxygen atoms in total. The summed E-state index contributed by atoms with van der Waals surface area (Å²) < 4.78 is 10.9. The van der Waals surface area contributed by atoms with E-state index in [-0.39, 0.29) is 0 Å². The highest BCUT2D eigenvalue weighted by atomic mass is 16.5. The van der Waals surface area contributed by atoms with E-state index in [0.29, 0.717) is 17.3 Å². The second-order valence-electron chi connectivity index (χ2n) is 9.18. The predicted molar refractivity (Wildman–Crippen MR) is 106 cm³/mol. The van der Waals surface area contributed by atoms with Gasteiger partial charge < -0.3 is 9.47 Å². The van der Waals surface area contributed by atoms with Crippen molar-refractivity contribution in [2.24, 2.45) is 23.2 Å². The standard InChI is InChI=1S/C24H32O2/c1-24(2)12-11-20-21(16-5-8-18(25-3)9-6-16)13-17-7-10-19(26-4)14-22(17)23(20)15-24/h5,7-10,14,16,20-21,23H,6,11-13,15H2,1-4H3/t16?,20-,21+,23-/m1/s1. The lowest BCUT2D eigenvalue weighted by atomic mass is 9.55. The van der Waals surface area contributed by atoms with Gasteiger partial charge in [0.15, 0.2) is 0 Å². The van der Waals surface area contributed by atoms with E-state index in [4.69, 9.17) is 9.47 Å². The Morgan fingerprint density at radius 2 is 1.92 bits per heavy atom. The Bertz CT molecular complexity index is 728. The van der Waals surface area contributed by atoms with Gasteiger partial charge in [-0.1, -0.05) is 26.0 Å². The summed E-state index contributed by atoms with van der Waals surface area (Å²) in [6.07, 6.45) is 13.2. The Hall–Kier alpha value is -1.70. The minimum atomic E-state index is 0.439. The lowest BCUT2D eigenvalue weighted by Gasteiger charge is -2.49. The monoisotopic (exact) mass is 352 g/mol. The SMILES string of the molecule is COC1=CCC([C@@H]2Cc3ccc(OC)cc3[C@@H]3CC(C)(C)CC[C@@H]32)C=C1. The molecule has 140 valence electrons. The highest BCUT2D eigenvalue weighted by Gasteiger charge is 2.45. The summed E-state index contributed by atoms with van der Waals surface area (Å²) in [6, 6.07) is 6.79. The van der Waals surface area contributed by atoms with E-state index in [2.05, 4.69) is 50.3 Å². The molecule has 0 spiro atoms. The van der Waals surface area contributed by atoms with Crippen LogP contribution in [0.25, 0.3) is 0 Å². The molecule has 1 aromatic rings. The second kappa shape index (κ2) is 6.79. The fourth-order valence-electron chi connectivity index (χ4n) is 5.65. The van der Waals surface area contributed by atoms with Crippen molar-refractivity contribution in [3.63, 3.8) is 0 Å². The molecule has 0 saturated heterocycles. The Labute approximate surface area is 158 Å².